The molecular weight excluding hydrogens is 244 g/mol. The average Bonchev–Trinajstić information content (AvgIpc) is 2.62. The predicted molar refractivity (Wildman–Crippen MR) is 75.9 cm³/mol. The maximum atomic E-state index is 6.08. The van der Waals surface area contributed by atoms with Gasteiger partial charge in [-0.25, -0.2) is 4.98 Å². The maximum absolute atomic E-state index is 6.08. The molecule has 2 nitrogen and oxygen atoms in total. The highest BCUT2D eigenvalue weighted by Gasteiger charge is 2.66. The van der Waals surface area contributed by atoms with Gasteiger partial charge >= 0.3 is 0 Å². The Balaban J connectivity index is 2.24. The zero-order valence-corrected chi connectivity index (χ0v) is 12.1. The summed E-state index contributed by atoms with van der Waals surface area (Å²) < 4.78 is 2.35. The Kier molecular flexibility index (Phi) is 2.34. The summed E-state index contributed by atoms with van der Waals surface area (Å²) in [4.78, 5) is 4.65. The van der Waals surface area contributed by atoms with Gasteiger partial charge in [-0.1, -0.05) is 39.8 Å². The van der Waals surface area contributed by atoms with Crippen molar-refractivity contribution in [2.45, 2.75) is 39.6 Å². The summed E-state index contributed by atoms with van der Waals surface area (Å²) in [5.74, 6) is 1.46. The fourth-order valence-electron chi connectivity index (χ4n) is 3.28. The van der Waals surface area contributed by atoms with E-state index in [0.29, 0.717) is 11.9 Å². The molecule has 2 aromatic rings. The molecule has 3 heteroatoms. The Hall–Kier alpha value is -1.02. The SMILES string of the molecule is CC1(C)C(n2c(CCl)nc3ccccc32)C1(C)C. The lowest BCUT2D eigenvalue weighted by molar-refractivity contribution is 0.457. The van der Waals surface area contributed by atoms with Gasteiger partial charge in [0.05, 0.1) is 16.9 Å². The van der Waals surface area contributed by atoms with Crippen molar-refractivity contribution in [1.82, 2.24) is 9.55 Å². The van der Waals surface area contributed by atoms with Crippen LogP contribution >= 0.6 is 11.6 Å². The molecule has 3 rings (SSSR count). The lowest BCUT2D eigenvalue weighted by Crippen LogP contribution is -2.04. The van der Waals surface area contributed by atoms with Gasteiger partial charge in [0, 0.05) is 6.04 Å². The van der Waals surface area contributed by atoms with E-state index in [1.165, 1.54) is 5.52 Å². The average molecular weight is 263 g/mol. The van der Waals surface area contributed by atoms with Gasteiger partial charge in [-0.15, -0.1) is 11.6 Å². The van der Waals surface area contributed by atoms with E-state index in [-0.39, 0.29) is 10.8 Å². The molecule has 0 atom stereocenters. The van der Waals surface area contributed by atoms with Crippen molar-refractivity contribution in [2.75, 3.05) is 0 Å². The molecule has 0 spiro atoms. The second-order valence-corrected chi connectivity index (χ2v) is 6.63. The van der Waals surface area contributed by atoms with Crippen molar-refractivity contribution >= 4 is 22.6 Å². The van der Waals surface area contributed by atoms with Crippen LogP contribution in [-0.2, 0) is 5.88 Å². The summed E-state index contributed by atoms with van der Waals surface area (Å²) in [6.07, 6.45) is 0. The number of benzene rings is 1. The van der Waals surface area contributed by atoms with Gasteiger partial charge in [-0.2, -0.15) is 0 Å². The number of aromatic nitrogens is 2. The van der Waals surface area contributed by atoms with Crippen LogP contribution in [0.4, 0.5) is 0 Å². The van der Waals surface area contributed by atoms with E-state index in [4.69, 9.17) is 11.6 Å². The number of halogens is 1. The zero-order valence-electron chi connectivity index (χ0n) is 11.4. The Morgan fingerprint density at radius 1 is 1.17 bits per heavy atom. The molecule has 1 aromatic carbocycles. The van der Waals surface area contributed by atoms with E-state index in [1.807, 2.05) is 6.07 Å². The van der Waals surface area contributed by atoms with E-state index < -0.39 is 0 Å². The monoisotopic (exact) mass is 262 g/mol. The van der Waals surface area contributed by atoms with E-state index in [0.717, 1.165) is 11.3 Å². The number of fused-ring (bicyclic) bond motifs is 1. The first-order valence-electron chi connectivity index (χ1n) is 6.43. The highest BCUT2D eigenvalue weighted by atomic mass is 35.5. The number of alkyl halides is 1. The van der Waals surface area contributed by atoms with Crippen molar-refractivity contribution in [2.24, 2.45) is 10.8 Å². The number of nitrogens with zero attached hydrogens (tertiary/aromatic N) is 2. The van der Waals surface area contributed by atoms with Gasteiger partial charge in [0.25, 0.3) is 0 Å². The van der Waals surface area contributed by atoms with Crippen molar-refractivity contribution < 1.29 is 0 Å². The molecule has 0 N–H and O–H groups in total. The molecule has 1 saturated carbocycles. The molecule has 0 unspecified atom stereocenters. The Labute approximate surface area is 113 Å². The highest BCUT2D eigenvalue weighted by Crippen LogP contribution is 2.72. The molecule has 1 aliphatic rings. The minimum atomic E-state index is 0.289. The summed E-state index contributed by atoms with van der Waals surface area (Å²) >= 11 is 6.08. The smallest absolute Gasteiger partial charge is 0.125 e. The van der Waals surface area contributed by atoms with Crippen molar-refractivity contribution in [1.29, 1.82) is 0 Å². The van der Waals surface area contributed by atoms with Crippen LogP contribution in [0.5, 0.6) is 0 Å². The highest BCUT2D eigenvalue weighted by molar-refractivity contribution is 6.16. The lowest BCUT2D eigenvalue weighted by Gasteiger charge is -2.09. The zero-order chi connectivity index (χ0) is 13.1. The Morgan fingerprint density at radius 2 is 1.78 bits per heavy atom. The van der Waals surface area contributed by atoms with Crippen LogP contribution in [0.3, 0.4) is 0 Å². The van der Waals surface area contributed by atoms with Gasteiger partial charge in [0.2, 0.25) is 0 Å². The first-order chi connectivity index (χ1) is 8.41. The third kappa shape index (κ3) is 1.33. The van der Waals surface area contributed by atoms with Crippen molar-refractivity contribution in [3.8, 4) is 0 Å². The summed E-state index contributed by atoms with van der Waals surface area (Å²) in [6.45, 7) is 9.30. The molecule has 18 heavy (non-hydrogen) atoms. The summed E-state index contributed by atoms with van der Waals surface area (Å²) in [5.41, 5.74) is 2.83. The minimum Gasteiger partial charge on any atom is -0.323 e. The van der Waals surface area contributed by atoms with Gasteiger partial charge in [0.15, 0.2) is 0 Å². The second kappa shape index (κ2) is 3.51. The van der Waals surface area contributed by atoms with Gasteiger partial charge in [0.1, 0.15) is 5.82 Å². The van der Waals surface area contributed by atoms with Crippen LogP contribution in [0, 0.1) is 10.8 Å². The first-order valence-corrected chi connectivity index (χ1v) is 6.96. The van der Waals surface area contributed by atoms with Crippen molar-refractivity contribution in [3.63, 3.8) is 0 Å². The van der Waals surface area contributed by atoms with Crippen LogP contribution in [0.15, 0.2) is 24.3 Å². The molecule has 1 fully saturated rings. The normalized spacial score (nSPS) is 21.4. The van der Waals surface area contributed by atoms with Gasteiger partial charge < -0.3 is 4.57 Å². The molecule has 1 aromatic heterocycles. The van der Waals surface area contributed by atoms with E-state index in [9.17, 15) is 0 Å². The first kappa shape index (κ1) is 12.0. The molecule has 1 aliphatic carbocycles. The molecule has 0 radical (unpaired) electrons. The molecule has 0 saturated heterocycles. The lowest BCUT2D eigenvalue weighted by atomic mass is 10.0. The fraction of sp³-hybridized carbons (Fsp3) is 0.533. The molecule has 0 amide bonds. The van der Waals surface area contributed by atoms with Crippen LogP contribution in [0.25, 0.3) is 11.0 Å². The number of hydrogen-bond donors (Lipinski definition) is 0. The number of imidazole rings is 1. The van der Waals surface area contributed by atoms with E-state index in [2.05, 4.69) is 55.4 Å². The topological polar surface area (TPSA) is 17.8 Å². The second-order valence-electron chi connectivity index (χ2n) is 6.37. The summed E-state index contributed by atoms with van der Waals surface area (Å²) in [6, 6.07) is 8.78. The number of rotatable bonds is 2. The van der Waals surface area contributed by atoms with Crippen LogP contribution in [-0.4, -0.2) is 9.55 Å². The largest absolute Gasteiger partial charge is 0.323 e. The fourth-order valence-corrected chi connectivity index (χ4v) is 3.47. The maximum Gasteiger partial charge on any atom is 0.125 e. The Morgan fingerprint density at radius 3 is 2.33 bits per heavy atom. The number of hydrogen-bond acceptors (Lipinski definition) is 1. The predicted octanol–water partition coefficient (Wildman–Crippen LogP) is 4.38. The van der Waals surface area contributed by atoms with E-state index >= 15 is 0 Å². The van der Waals surface area contributed by atoms with Crippen molar-refractivity contribution in [3.05, 3.63) is 30.1 Å². The molecule has 0 aliphatic heterocycles. The number of para-hydroxylation sites is 2. The van der Waals surface area contributed by atoms with Crippen LogP contribution < -0.4 is 0 Å². The standard InChI is InChI=1S/C15H19ClN2/c1-14(2)13(15(14,3)4)18-11-8-6-5-7-10(11)17-12(18)9-16/h5-8,13H,9H2,1-4H3. The third-order valence-corrected chi connectivity index (χ3v) is 5.23. The summed E-state index contributed by atoms with van der Waals surface area (Å²) in [7, 11) is 0. The van der Waals surface area contributed by atoms with Crippen LogP contribution in [0.1, 0.15) is 39.6 Å². The van der Waals surface area contributed by atoms with Gasteiger partial charge in [-0.3, -0.25) is 0 Å². The summed E-state index contributed by atoms with van der Waals surface area (Å²) in [5, 5.41) is 0. The Bertz CT molecular complexity index is 596. The van der Waals surface area contributed by atoms with Gasteiger partial charge in [-0.05, 0) is 23.0 Å². The van der Waals surface area contributed by atoms with E-state index in [1.54, 1.807) is 0 Å². The third-order valence-electron chi connectivity index (χ3n) is 4.99. The quantitative estimate of drug-likeness (QED) is 0.735. The molecule has 1 heterocycles. The molecule has 0 bridgehead atoms. The van der Waals surface area contributed by atoms with Crippen LogP contribution in [0.2, 0.25) is 0 Å². The minimum absolute atomic E-state index is 0.289. The molecular formula is C15H19ClN2. The molecule has 96 valence electrons.